The molecule has 5 nitrogen and oxygen atoms in total. The van der Waals surface area contributed by atoms with Crippen LogP contribution in [0, 0.1) is 0 Å². The Morgan fingerprint density at radius 1 is 0.909 bits per heavy atom. The standard InChI is InChI=1S/C28H32N2O3/c1-29-13-15-30(16-14-29)17-18-32-24-10-7-22(8-11-24)28-25-12-9-23(31)19-27(25)33-20-26(28)21-5-3-2-4-6-21/h2-12,19,26,28,31H,13-18,20H2,1H3/t26-,28-/m0/s1. The molecular weight excluding hydrogens is 412 g/mol. The van der Waals surface area contributed by atoms with Gasteiger partial charge in [-0.05, 0) is 36.4 Å². The number of aromatic hydroxyl groups is 1. The highest BCUT2D eigenvalue weighted by Crippen LogP contribution is 2.47. The molecule has 2 heterocycles. The quantitative estimate of drug-likeness (QED) is 0.613. The van der Waals surface area contributed by atoms with E-state index in [1.54, 1.807) is 12.1 Å². The second-order valence-corrected chi connectivity index (χ2v) is 9.09. The van der Waals surface area contributed by atoms with Crippen molar-refractivity contribution >= 4 is 0 Å². The van der Waals surface area contributed by atoms with Crippen molar-refractivity contribution in [3.05, 3.63) is 89.5 Å². The van der Waals surface area contributed by atoms with Gasteiger partial charge in [0.15, 0.2) is 0 Å². The van der Waals surface area contributed by atoms with Gasteiger partial charge < -0.3 is 19.5 Å². The molecular formula is C28H32N2O3. The molecule has 172 valence electrons. The van der Waals surface area contributed by atoms with Crippen LogP contribution < -0.4 is 9.47 Å². The van der Waals surface area contributed by atoms with E-state index in [9.17, 15) is 5.11 Å². The molecule has 1 N–H and O–H groups in total. The molecule has 0 amide bonds. The molecule has 0 unspecified atom stereocenters. The third-order valence-corrected chi connectivity index (χ3v) is 6.89. The van der Waals surface area contributed by atoms with Crippen molar-refractivity contribution in [1.82, 2.24) is 9.80 Å². The molecule has 2 aliphatic heterocycles. The molecule has 2 atom stereocenters. The maximum absolute atomic E-state index is 9.95. The SMILES string of the molecule is CN1CCN(CCOc2ccc([C@H]3c4ccc(O)cc4OC[C@H]3c3ccccc3)cc2)CC1. The Bertz CT molecular complexity index is 1050. The number of hydrogen-bond acceptors (Lipinski definition) is 5. The van der Waals surface area contributed by atoms with E-state index in [1.807, 2.05) is 12.1 Å². The van der Waals surface area contributed by atoms with E-state index in [0.717, 1.165) is 49.8 Å². The molecule has 0 saturated carbocycles. The molecule has 3 aromatic rings. The van der Waals surface area contributed by atoms with Gasteiger partial charge in [-0.15, -0.1) is 0 Å². The first-order valence-electron chi connectivity index (χ1n) is 11.8. The van der Waals surface area contributed by atoms with Crippen LogP contribution in [-0.2, 0) is 0 Å². The number of rotatable bonds is 6. The summed E-state index contributed by atoms with van der Waals surface area (Å²) < 4.78 is 12.1. The van der Waals surface area contributed by atoms with Gasteiger partial charge in [-0.1, -0.05) is 48.5 Å². The second kappa shape index (κ2) is 9.86. The summed E-state index contributed by atoms with van der Waals surface area (Å²) in [7, 11) is 2.18. The van der Waals surface area contributed by atoms with E-state index >= 15 is 0 Å². The molecule has 0 radical (unpaired) electrons. The predicted molar refractivity (Wildman–Crippen MR) is 131 cm³/mol. The maximum atomic E-state index is 9.95. The highest BCUT2D eigenvalue weighted by molar-refractivity contribution is 5.50. The normalized spacial score (nSPS) is 21.2. The Labute approximate surface area is 196 Å². The Hall–Kier alpha value is -3.02. The lowest BCUT2D eigenvalue weighted by atomic mass is 9.76. The number of phenols is 1. The first kappa shape index (κ1) is 21.8. The zero-order valence-corrected chi connectivity index (χ0v) is 19.2. The summed E-state index contributed by atoms with van der Waals surface area (Å²) in [5, 5.41) is 9.95. The Kier molecular flexibility index (Phi) is 6.51. The Balaban J connectivity index is 1.32. The van der Waals surface area contributed by atoms with Gasteiger partial charge in [0.05, 0.1) is 6.61 Å². The average Bonchev–Trinajstić information content (AvgIpc) is 2.85. The highest BCUT2D eigenvalue weighted by Gasteiger charge is 2.33. The molecule has 0 aliphatic carbocycles. The van der Waals surface area contributed by atoms with Crippen LogP contribution in [0.2, 0.25) is 0 Å². The van der Waals surface area contributed by atoms with Gasteiger partial charge in [-0.3, -0.25) is 4.90 Å². The fraction of sp³-hybridized carbons (Fsp3) is 0.357. The summed E-state index contributed by atoms with van der Waals surface area (Å²) in [5.41, 5.74) is 3.59. The van der Waals surface area contributed by atoms with Crippen molar-refractivity contribution < 1.29 is 14.6 Å². The van der Waals surface area contributed by atoms with E-state index in [-0.39, 0.29) is 17.6 Å². The van der Waals surface area contributed by atoms with Crippen LogP contribution in [0.25, 0.3) is 0 Å². The van der Waals surface area contributed by atoms with Crippen LogP contribution in [0.4, 0.5) is 0 Å². The van der Waals surface area contributed by atoms with E-state index in [0.29, 0.717) is 13.2 Å². The highest BCUT2D eigenvalue weighted by atomic mass is 16.5. The van der Waals surface area contributed by atoms with Crippen LogP contribution >= 0.6 is 0 Å². The molecule has 5 heteroatoms. The minimum absolute atomic E-state index is 0.149. The van der Waals surface area contributed by atoms with Gasteiger partial charge in [0.2, 0.25) is 0 Å². The number of fused-ring (bicyclic) bond motifs is 1. The van der Waals surface area contributed by atoms with Crippen LogP contribution in [0.1, 0.15) is 28.5 Å². The van der Waals surface area contributed by atoms with Crippen LogP contribution in [0.3, 0.4) is 0 Å². The zero-order chi connectivity index (χ0) is 22.6. The van der Waals surface area contributed by atoms with Gasteiger partial charge in [-0.25, -0.2) is 0 Å². The van der Waals surface area contributed by atoms with Crippen LogP contribution in [0.5, 0.6) is 17.2 Å². The van der Waals surface area contributed by atoms with Gasteiger partial charge in [0.1, 0.15) is 23.9 Å². The number of hydrogen-bond donors (Lipinski definition) is 1. The Morgan fingerprint density at radius 2 is 1.67 bits per heavy atom. The predicted octanol–water partition coefficient (Wildman–Crippen LogP) is 4.33. The fourth-order valence-electron chi connectivity index (χ4n) is 4.93. The number of phenolic OH excluding ortho intramolecular Hbond substituents is 1. The first-order valence-corrected chi connectivity index (χ1v) is 11.8. The number of benzene rings is 3. The van der Waals surface area contributed by atoms with Crippen LogP contribution in [-0.4, -0.2) is 67.9 Å². The van der Waals surface area contributed by atoms with E-state index in [4.69, 9.17) is 9.47 Å². The van der Waals surface area contributed by atoms with Crippen molar-refractivity contribution in [3.63, 3.8) is 0 Å². The van der Waals surface area contributed by atoms with Crippen molar-refractivity contribution in [2.75, 3.05) is 53.0 Å². The van der Waals surface area contributed by atoms with Crippen molar-refractivity contribution in [1.29, 1.82) is 0 Å². The second-order valence-electron chi connectivity index (χ2n) is 9.09. The van der Waals surface area contributed by atoms with Gasteiger partial charge in [0, 0.05) is 56.2 Å². The maximum Gasteiger partial charge on any atom is 0.126 e. The first-order chi connectivity index (χ1) is 16.2. The zero-order valence-electron chi connectivity index (χ0n) is 19.2. The summed E-state index contributed by atoms with van der Waals surface area (Å²) in [6, 6.07) is 24.5. The minimum Gasteiger partial charge on any atom is -0.508 e. The minimum atomic E-state index is 0.149. The average molecular weight is 445 g/mol. The molecule has 3 aromatic carbocycles. The Morgan fingerprint density at radius 3 is 2.42 bits per heavy atom. The van der Waals surface area contributed by atoms with E-state index < -0.39 is 0 Å². The van der Waals surface area contributed by atoms with Crippen molar-refractivity contribution in [2.45, 2.75) is 11.8 Å². The van der Waals surface area contributed by atoms with Crippen molar-refractivity contribution in [2.24, 2.45) is 0 Å². The molecule has 5 rings (SSSR count). The van der Waals surface area contributed by atoms with Gasteiger partial charge in [-0.2, -0.15) is 0 Å². The summed E-state index contributed by atoms with van der Waals surface area (Å²) in [4.78, 5) is 4.84. The summed E-state index contributed by atoms with van der Waals surface area (Å²) >= 11 is 0. The van der Waals surface area contributed by atoms with Gasteiger partial charge >= 0.3 is 0 Å². The monoisotopic (exact) mass is 444 g/mol. The smallest absolute Gasteiger partial charge is 0.126 e. The molecule has 2 aliphatic rings. The number of likely N-dealkylation sites (N-methyl/N-ethyl adjacent to an activating group) is 1. The number of ether oxygens (including phenoxy) is 2. The third kappa shape index (κ3) is 5.00. The number of nitrogens with zero attached hydrogens (tertiary/aromatic N) is 2. The van der Waals surface area contributed by atoms with Crippen LogP contribution in [0.15, 0.2) is 72.8 Å². The molecule has 33 heavy (non-hydrogen) atoms. The number of piperazine rings is 1. The van der Waals surface area contributed by atoms with Crippen molar-refractivity contribution in [3.8, 4) is 17.2 Å². The lowest BCUT2D eigenvalue weighted by Crippen LogP contribution is -2.45. The molecule has 0 bridgehead atoms. The molecule has 1 fully saturated rings. The summed E-state index contributed by atoms with van der Waals surface area (Å²) in [6.07, 6.45) is 0. The molecule has 1 saturated heterocycles. The fourth-order valence-corrected chi connectivity index (χ4v) is 4.93. The molecule has 0 spiro atoms. The van der Waals surface area contributed by atoms with Gasteiger partial charge in [0.25, 0.3) is 0 Å². The lowest BCUT2D eigenvalue weighted by molar-refractivity contribution is 0.133. The van der Waals surface area contributed by atoms with E-state index in [2.05, 4.69) is 65.4 Å². The topological polar surface area (TPSA) is 45.2 Å². The largest absolute Gasteiger partial charge is 0.508 e. The molecule has 0 aromatic heterocycles. The summed E-state index contributed by atoms with van der Waals surface area (Å²) in [6.45, 7) is 6.71. The van der Waals surface area contributed by atoms with E-state index in [1.165, 1.54) is 11.1 Å². The lowest BCUT2D eigenvalue weighted by Gasteiger charge is -2.34. The summed E-state index contributed by atoms with van der Waals surface area (Å²) in [5.74, 6) is 2.25. The third-order valence-electron chi connectivity index (χ3n) is 6.89.